The summed E-state index contributed by atoms with van der Waals surface area (Å²) in [6.45, 7) is 0.0127. The van der Waals surface area contributed by atoms with Crippen LogP contribution in [0.2, 0.25) is 5.02 Å². The van der Waals surface area contributed by atoms with E-state index in [-0.39, 0.29) is 18.1 Å². The molecule has 0 saturated heterocycles. The van der Waals surface area contributed by atoms with Crippen LogP contribution in [-0.4, -0.2) is 23.8 Å². The van der Waals surface area contributed by atoms with Gasteiger partial charge in [-0.3, -0.25) is 14.6 Å². The lowest BCUT2D eigenvalue weighted by atomic mass is 9.74. The van der Waals surface area contributed by atoms with Crippen molar-refractivity contribution >= 4 is 35.0 Å². The second-order valence-corrected chi connectivity index (χ2v) is 7.62. The summed E-state index contributed by atoms with van der Waals surface area (Å²) >= 11 is 5.93. The molecule has 3 aromatic carbocycles. The molecule has 30 heavy (non-hydrogen) atoms. The van der Waals surface area contributed by atoms with Crippen molar-refractivity contribution in [3.05, 3.63) is 113 Å². The molecule has 0 unspecified atom stereocenters. The SMILES string of the molecule is O=C(/C=C/c1ccc(Cl)cc1)[C@@H]1C(=O)CN=C(c2ccccc2)[C@H]1c1ccccc1. The Morgan fingerprint density at radius 1 is 0.900 bits per heavy atom. The third-order valence-corrected chi connectivity index (χ3v) is 5.48. The van der Waals surface area contributed by atoms with Crippen LogP contribution in [0, 0.1) is 5.92 Å². The quantitative estimate of drug-likeness (QED) is 0.415. The van der Waals surface area contributed by atoms with Gasteiger partial charge in [0.15, 0.2) is 11.6 Å². The lowest BCUT2D eigenvalue weighted by Gasteiger charge is -2.30. The molecule has 1 aliphatic rings. The van der Waals surface area contributed by atoms with Crippen LogP contribution in [0.25, 0.3) is 6.08 Å². The lowest BCUT2D eigenvalue weighted by molar-refractivity contribution is -0.130. The van der Waals surface area contributed by atoms with Gasteiger partial charge in [0, 0.05) is 10.9 Å². The van der Waals surface area contributed by atoms with Crippen molar-refractivity contribution in [3.63, 3.8) is 0 Å². The molecule has 3 nitrogen and oxygen atoms in total. The molecule has 0 amide bonds. The summed E-state index contributed by atoms with van der Waals surface area (Å²) in [5.74, 6) is -1.60. The van der Waals surface area contributed by atoms with E-state index in [0.29, 0.717) is 5.02 Å². The maximum absolute atomic E-state index is 13.2. The Balaban J connectivity index is 1.72. The van der Waals surface area contributed by atoms with Crippen LogP contribution in [0.3, 0.4) is 0 Å². The first kappa shape index (κ1) is 20.0. The highest BCUT2D eigenvalue weighted by molar-refractivity contribution is 6.30. The van der Waals surface area contributed by atoms with Crippen molar-refractivity contribution in [1.29, 1.82) is 0 Å². The monoisotopic (exact) mass is 413 g/mol. The smallest absolute Gasteiger partial charge is 0.167 e. The van der Waals surface area contributed by atoms with Crippen molar-refractivity contribution in [3.8, 4) is 0 Å². The number of Topliss-reactive ketones (excluding diaryl/α,β-unsaturated/α-hetero) is 1. The van der Waals surface area contributed by atoms with E-state index in [4.69, 9.17) is 11.6 Å². The number of carbonyl (C=O) groups excluding carboxylic acids is 2. The third kappa shape index (κ3) is 4.32. The van der Waals surface area contributed by atoms with Crippen LogP contribution in [-0.2, 0) is 9.59 Å². The first-order valence-corrected chi connectivity index (χ1v) is 10.2. The van der Waals surface area contributed by atoms with Gasteiger partial charge in [-0.25, -0.2) is 0 Å². The number of benzene rings is 3. The van der Waals surface area contributed by atoms with E-state index in [1.807, 2.05) is 72.8 Å². The molecule has 0 aromatic heterocycles. The van der Waals surface area contributed by atoms with Gasteiger partial charge >= 0.3 is 0 Å². The summed E-state index contributed by atoms with van der Waals surface area (Å²) in [5, 5.41) is 0.633. The van der Waals surface area contributed by atoms with Crippen LogP contribution in [0.1, 0.15) is 22.6 Å². The summed E-state index contributed by atoms with van der Waals surface area (Å²) in [5.41, 5.74) is 3.47. The first-order valence-electron chi connectivity index (χ1n) is 9.78. The highest BCUT2D eigenvalue weighted by Crippen LogP contribution is 2.34. The summed E-state index contributed by atoms with van der Waals surface area (Å²) < 4.78 is 0. The van der Waals surface area contributed by atoms with Gasteiger partial charge in [0.05, 0.1) is 18.2 Å². The van der Waals surface area contributed by atoms with Gasteiger partial charge in [0.2, 0.25) is 0 Å². The van der Waals surface area contributed by atoms with E-state index in [9.17, 15) is 9.59 Å². The largest absolute Gasteiger partial charge is 0.297 e. The van der Waals surface area contributed by atoms with E-state index < -0.39 is 11.8 Å². The number of nitrogens with zero attached hydrogens (tertiary/aromatic N) is 1. The summed E-state index contributed by atoms with van der Waals surface area (Å²) in [6.07, 6.45) is 3.22. The number of aliphatic imine (C=N–C) groups is 1. The topological polar surface area (TPSA) is 46.5 Å². The molecule has 0 radical (unpaired) electrons. The Hall–Kier alpha value is -3.30. The van der Waals surface area contributed by atoms with E-state index in [1.54, 1.807) is 18.2 Å². The molecule has 2 atom stereocenters. The Labute approximate surface area is 180 Å². The average molecular weight is 414 g/mol. The van der Waals surface area contributed by atoms with Crippen molar-refractivity contribution in [1.82, 2.24) is 0 Å². The Morgan fingerprint density at radius 2 is 1.53 bits per heavy atom. The van der Waals surface area contributed by atoms with Gasteiger partial charge in [0.1, 0.15) is 0 Å². The number of hydrogen-bond acceptors (Lipinski definition) is 3. The summed E-state index contributed by atoms with van der Waals surface area (Å²) in [7, 11) is 0. The zero-order valence-corrected chi connectivity index (χ0v) is 17.0. The van der Waals surface area contributed by atoms with Crippen LogP contribution < -0.4 is 0 Å². The summed E-state index contributed by atoms with van der Waals surface area (Å²) in [6, 6.07) is 26.6. The Morgan fingerprint density at radius 3 is 2.20 bits per heavy atom. The van der Waals surface area contributed by atoms with Gasteiger partial charge in [-0.1, -0.05) is 90.5 Å². The third-order valence-electron chi connectivity index (χ3n) is 5.22. The van der Waals surface area contributed by atoms with Crippen LogP contribution in [0.4, 0.5) is 0 Å². The van der Waals surface area contributed by atoms with Crippen molar-refractivity contribution in [2.45, 2.75) is 5.92 Å². The second kappa shape index (κ2) is 9.02. The van der Waals surface area contributed by atoms with E-state index in [2.05, 4.69) is 4.99 Å². The zero-order chi connectivity index (χ0) is 20.9. The van der Waals surface area contributed by atoms with E-state index in [1.165, 1.54) is 6.08 Å². The number of hydrogen-bond donors (Lipinski definition) is 0. The van der Waals surface area contributed by atoms with Gasteiger partial charge in [-0.05, 0) is 34.9 Å². The normalized spacial score (nSPS) is 19.0. The number of rotatable bonds is 5. The molecule has 1 aliphatic heterocycles. The average Bonchev–Trinajstić information content (AvgIpc) is 2.79. The van der Waals surface area contributed by atoms with E-state index in [0.717, 1.165) is 22.4 Å². The first-order chi connectivity index (χ1) is 14.6. The number of halogens is 1. The minimum Gasteiger partial charge on any atom is -0.297 e. The van der Waals surface area contributed by atoms with Crippen LogP contribution >= 0.6 is 11.6 Å². The molecule has 0 aliphatic carbocycles. The van der Waals surface area contributed by atoms with E-state index >= 15 is 0 Å². The van der Waals surface area contributed by atoms with Gasteiger partial charge in [-0.2, -0.15) is 0 Å². The molecule has 1 heterocycles. The molecule has 4 heteroatoms. The molecule has 0 fully saturated rings. The molecule has 3 aromatic rings. The highest BCUT2D eigenvalue weighted by Gasteiger charge is 2.40. The summed E-state index contributed by atoms with van der Waals surface area (Å²) in [4.78, 5) is 30.7. The fourth-order valence-electron chi connectivity index (χ4n) is 3.77. The van der Waals surface area contributed by atoms with Crippen LogP contribution in [0.5, 0.6) is 0 Å². The molecular weight excluding hydrogens is 394 g/mol. The molecule has 0 bridgehead atoms. The number of ketones is 2. The number of allylic oxidation sites excluding steroid dienone is 1. The standard InChI is InChI=1S/C26H20ClNO2/c27-21-14-11-18(12-15-21)13-16-22(29)25-23(30)17-28-26(20-9-5-2-6-10-20)24(25)19-7-3-1-4-8-19/h1-16,24-25H,17H2/b16-13+/t24-,25+/m0/s1. The predicted octanol–water partition coefficient (Wildman–Crippen LogP) is 5.39. The van der Waals surface area contributed by atoms with Crippen molar-refractivity contribution < 1.29 is 9.59 Å². The lowest BCUT2D eigenvalue weighted by Crippen LogP contribution is -2.39. The zero-order valence-electron chi connectivity index (χ0n) is 16.2. The minimum atomic E-state index is -0.802. The molecule has 0 spiro atoms. The number of carbonyl (C=O) groups is 2. The second-order valence-electron chi connectivity index (χ2n) is 7.19. The Bertz CT molecular complexity index is 1100. The van der Waals surface area contributed by atoms with Gasteiger partial charge in [-0.15, -0.1) is 0 Å². The fourth-order valence-corrected chi connectivity index (χ4v) is 3.90. The highest BCUT2D eigenvalue weighted by atomic mass is 35.5. The van der Waals surface area contributed by atoms with Gasteiger partial charge in [0.25, 0.3) is 0 Å². The molecule has 4 rings (SSSR count). The van der Waals surface area contributed by atoms with Gasteiger partial charge < -0.3 is 0 Å². The fraction of sp³-hybridized carbons (Fsp3) is 0.115. The minimum absolute atomic E-state index is 0.0127. The van der Waals surface area contributed by atoms with Crippen molar-refractivity contribution in [2.24, 2.45) is 10.9 Å². The molecule has 148 valence electrons. The van der Waals surface area contributed by atoms with Crippen molar-refractivity contribution in [2.75, 3.05) is 6.54 Å². The molecule has 0 N–H and O–H groups in total. The van der Waals surface area contributed by atoms with Crippen LogP contribution in [0.15, 0.2) is 96.0 Å². The maximum Gasteiger partial charge on any atom is 0.167 e. The Kier molecular flexibility index (Phi) is 6.01. The predicted molar refractivity (Wildman–Crippen MR) is 121 cm³/mol. The molecule has 0 saturated carbocycles. The maximum atomic E-state index is 13.2. The molecular formula is C26H20ClNO2.